The molecule has 0 aliphatic heterocycles. The first-order chi connectivity index (χ1) is 12.2. The topological polar surface area (TPSA) is 72.8 Å². The van der Waals surface area contributed by atoms with Crippen molar-refractivity contribution in [2.45, 2.75) is 13.2 Å². The molecule has 0 aliphatic rings. The Kier molecular flexibility index (Phi) is 8.48. The normalized spacial score (nSPS) is 10.7. The number of ether oxygens (including phenoxy) is 3. The Hall–Kier alpha value is -1.86. The third kappa shape index (κ3) is 6.51. The number of halogens is 1. The molecule has 0 spiro atoms. The second-order valence-electron chi connectivity index (χ2n) is 5.27. The maximum absolute atomic E-state index is 8.64. The number of rotatable bonds is 11. The highest BCUT2D eigenvalue weighted by molar-refractivity contribution is 6.32. The zero-order valence-electron chi connectivity index (χ0n) is 14.2. The molecule has 2 N–H and O–H groups in total. The summed E-state index contributed by atoms with van der Waals surface area (Å²) in [5.41, 5.74) is 1.94. The molecule has 6 nitrogen and oxygen atoms in total. The maximum Gasteiger partial charge on any atom is 0.180 e. The highest BCUT2D eigenvalue weighted by atomic mass is 35.5. The molecule has 0 radical (unpaired) electrons. The van der Waals surface area contributed by atoms with Gasteiger partial charge in [0, 0.05) is 31.0 Å². The van der Waals surface area contributed by atoms with Gasteiger partial charge in [0.2, 0.25) is 0 Å². The van der Waals surface area contributed by atoms with E-state index in [4.69, 9.17) is 30.9 Å². The fourth-order valence-electron chi connectivity index (χ4n) is 2.20. The second kappa shape index (κ2) is 10.9. The Morgan fingerprint density at radius 3 is 2.84 bits per heavy atom. The van der Waals surface area contributed by atoms with Gasteiger partial charge in [-0.05, 0) is 23.8 Å². The number of aliphatic hydroxyl groups is 1. The van der Waals surface area contributed by atoms with Gasteiger partial charge in [0.25, 0.3) is 0 Å². The summed E-state index contributed by atoms with van der Waals surface area (Å²) in [6, 6.07) is 7.54. The molecule has 25 heavy (non-hydrogen) atoms. The first kappa shape index (κ1) is 19.5. The lowest BCUT2D eigenvalue weighted by Crippen LogP contribution is -2.20. The lowest BCUT2D eigenvalue weighted by Gasteiger charge is -2.14. The number of hydrogen-bond acceptors (Lipinski definition) is 6. The zero-order valence-corrected chi connectivity index (χ0v) is 15.0. The number of aliphatic hydroxyl groups excluding tert-OH is 1. The van der Waals surface area contributed by atoms with E-state index in [2.05, 4.69) is 10.3 Å². The van der Waals surface area contributed by atoms with Crippen LogP contribution in [0.25, 0.3) is 0 Å². The van der Waals surface area contributed by atoms with Crippen LogP contribution < -0.4 is 14.8 Å². The van der Waals surface area contributed by atoms with Gasteiger partial charge in [-0.1, -0.05) is 17.7 Å². The van der Waals surface area contributed by atoms with E-state index >= 15 is 0 Å². The summed E-state index contributed by atoms with van der Waals surface area (Å²) in [5.74, 6) is 1.10. The van der Waals surface area contributed by atoms with Crippen LogP contribution in [0.1, 0.15) is 11.1 Å². The van der Waals surface area contributed by atoms with Gasteiger partial charge in [-0.25, -0.2) is 0 Å². The van der Waals surface area contributed by atoms with Crippen molar-refractivity contribution in [3.63, 3.8) is 0 Å². The zero-order chi connectivity index (χ0) is 17.9. The van der Waals surface area contributed by atoms with E-state index in [0.29, 0.717) is 49.4 Å². The predicted molar refractivity (Wildman–Crippen MR) is 96.2 cm³/mol. The van der Waals surface area contributed by atoms with E-state index < -0.39 is 0 Å². The third-order valence-corrected chi connectivity index (χ3v) is 3.66. The highest BCUT2D eigenvalue weighted by Gasteiger charge is 2.12. The highest BCUT2D eigenvalue weighted by Crippen LogP contribution is 2.36. The van der Waals surface area contributed by atoms with Gasteiger partial charge in [-0.2, -0.15) is 0 Å². The Morgan fingerprint density at radius 2 is 2.12 bits per heavy atom. The van der Waals surface area contributed by atoms with E-state index in [-0.39, 0.29) is 6.61 Å². The molecule has 136 valence electrons. The average molecular weight is 367 g/mol. The number of pyridine rings is 1. The largest absolute Gasteiger partial charge is 0.493 e. The van der Waals surface area contributed by atoms with Crippen LogP contribution in [0.5, 0.6) is 11.5 Å². The predicted octanol–water partition coefficient (Wildman–Crippen LogP) is 2.42. The van der Waals surface area contributed by atoms with E-state index in [9.17, 15) is 0 Å². The van der Waals surface area contributed by atoms with Crippen LogP contribution in [0.3, 0.4) is 0 Å². The molecule has 7 heteroatoms. The van der Waals surface area contributed by atoms with Crippen LogP contribution in [-0.4, -0.2) is 43.6 Å². The first-order valence-electron chi connectivity index (χ1n) is 8.02. The van der Waals surface area contributed by atoms with Gasteiger partial charge < -0.3 is 24.6 Å². The van der Waals surface area contributed by atoms with Gasteiger partial charge >= 0.3 is 0 Å². The minimum atomic E-state index is 0.0350. The molecule has 0 amide bonds. The van der Waals surface area contributed by atoms with Gasteiger partial charge in [-0.15, -0.1) is 0 Å². The summed E-state index contributed by atoms with van der Waals surface area (Å²) >= 11 is 6.36. The van der Waals surface area contributed by atoms with Crippen LogP contribution in [0.4, 0.5) is 0 Å². The molecule has 1 aromatic carbocycles. The molecule has 0 saturated heterocycles. The molecule has 0 fully saturated rings. The van der Waals surface area contributed by atoms with Crippen molar-refractivity contribution in [2.24, 2.45) is 0 Å². The van der Waals surface area contributed by atoms with Gasteiger partial charge in [-0.3, -0.25) is 4.98 Å². The monoisotopic (exact) mass is 366 g/mol. The molecular weight excluding hydrogens is 344 g/mol. The lowest BCUT2D eigenvalue weighted by molar-refractivity contribution is 0.0938. The van der Waals surface area contributed by atoms with Crippen molar-refractivity contribution in [3.8, 4) is 11.5 Å². The van der Waals surface area contributed by atoms with Crippen LogP contribution in [0, 0.1) is 0 Å². The Labute approximate surface area is 152 Å². The number of hydrogen-bond donors (Lipinski definition) is 2. The fourth-order valence-corrected chi connectivity index (χ4v) is 2.49. The van der Waals surface area contributed by atoms with Crippen molar-refractivity contribution in [1.82, 2.24) is 10.3 Å². The Balaban J connectivity index is 1.92. The van der Waals surface area contributed by atoms with Gasteiger partial charge in [0.15, 0.2) is 11.5 Å². The Bertz CT molecular complexity index is 640. The molecule has 0 aliphatic carbocycles. The maximum atomic E-state index is 8.64. The van der Waals surface area contributed by atoms with Crippen molar-refractivity contribution >= 4 is 11.6 Å². The summed E-state index contributed by atoms with van der Waals surface area (Å²) in [6.45, 7) is 2.60. The second-order valence-corrected chi connectivity index (χ2v) is 5.68. The SMILES string of the molecule is COc1cc(CNCCOCCO)cc(Cl)c1OCc1cccnc1. The third-order valence-electron chi connectivity index (χ3n) is 3.38. The van der Waals surface area contributed by atoms with Gasteiger partial charge in [0.1, 0.15) is 6.61 Å². The summed E-state index contributed by atoms with van der Waals surface area (Å²) < 4.78 is 16.4. The van der Waals surface area contributed by atoms with Crippen LogP contribution in [0.2, 0.25) is 5.02 Å². The number of nitrogens with one attached hydrogen (secondary N) is 1. The number of methoxy groups -OCH3 is 1. The fraction of sp³-hybridized carbons (Fsp3) is 0.389. The van der Waals surface area contributed by atoms with Crippen molar-refractivity contribution < 1.29 is 19.3 Å². The summed E-state index contributed by atoms with van der Waals surface area (Å²) in [7, 11) is 1.59. The van der Waals surface area contributed by atoms with E-state index in [1.807, 2.05) is 24.3 Å². The molecule has 0 unspecified atom stereocenters. The van der Waals surface area contributed by atoms with Crippen molar-refractivity contribution in [2.75, 3.05) is 33.5 Å². The van der Waals surface area contributed by atoms with Gasteiger partial charge in [0.05, 0.1) is 32.0 Å². The quantitative estimate of drug-likeness (QED) is 0.595. The van der Waals surface area contributed by atoms with E-state index in [1.54, 1.807) is 19.5 Å². The molecule has 1 aromatic heterocycles. The molecule has 0 atom stereocenters. The summed E-state index contributed by atoms with van der Waals surface area (Å²) in [6.07, 6.45) is 3.46. The molecule has 1 heterocycles. The average Bonchev–Trinajstić information content (AvgIpc) is 2.64. The summed E-state index contributed by atoms with van der Waals surface area (Å²) in [4.78, 5) is 4.06. The summed E-state index contributed by atoms with van der Waals surface area (Å²) in [5, 5.41) is 12.4. The van der Waals surface area contributed by atoms with Crippen molar-refractivity contribution in [1.29, 1.82) is 0 Å². The minimum Gasteiger partial charge on any atom is -0.493 e. The van der Waals surface area contributed by atoms with Crippen LogP contribution in [0.15, 0.2) is 36.7 Å². The Morgan fingerprint density at radius 1 is 1.24 bits per heavy atom. The minimum absolute atomic E-state index is 0.0350. The molecule has 2 aromatic rings. The van der Waals surface area contributed by atoms with E-state index in [1.165, 1.54) is 0 Å². The number of benzene rings is 1. The van der Waals surface area contributed by atoms with Crippen molar-refractivity contribution in [3.05, 3.63) is 52.8 Å². The lowest BCUT2D eigenvalue weighted by atomic mass is 10.2. The standard InChI is InChI=1S/C18H23ClN2O4/c1-23-17-10-15(12-21-5-7-24-8-6-22)9-16(19)18(17)25-13-14-3-2-4-20-11-14/h2-4,9-11,21-22H,5-8,12-13H2,1H3. The molecule has 0 saturated carbocycles. The molecular formula is C18H23ClN2O4. The number of nitrogens with zero attached hydrogens (tertiary/aromatic N) is 1. The van der Waals surface area contributed by atoms with Crippen LogP contribution in [-0.2, 0) is 17.9 Å². The molecule has 0 bridgehead atoms. The van der Waals surface area contributed by atoms with Crippen LogP contribution >= 0.6 is 11.6 Å². The van der Waals surface area contributed by atoms with E-state index in [0.717, 1.165) is 11.1 Å². The first-order valence-corrected chi connectivity index (χ1v) is 8.40. The number of aromatic nitrogens is 1. The molecule has 2 rings (SSSR count). The smallest absolute Gasteiger partial charge is 0.180 e.